The maximum absolute atomic E-state index is 12.6. The molecule has 0 radical (unpaired) electrons. The van der Waals surface area contributed by atoms with Gasteiger partial charge in [0.15, 0.2) is 0 Å². The van der Waals surface area contributed by atoms with Crippen LogP contribution in [0.5, 0.6) is 17.2 Å². The average Bonchev–Trinajstić information content (AvgIpc) is 3.91. The number of aromatic nitrogens is 2. The van der Waals surface area contributed by atoms with Gasteiger partial charge in [-0.3, -0.25) is 24.2 Å². The van der Waals surface area contributed by atoms with Gasteiger partial charge in [-0.25, -0.2) is 0 Å². The van der Waals surface area contributed by atoms with Gasteiger partial charge in [-0.15, -0.1) is 0 Å². The van der Waals surface area contributed by atoms with Gasteiger partial charge in [0, 0.05) is 66.2 Å². The number of fused-ring (bicyclic) bond motifs is 2. The number of pyridine rings is 1. The van der Waals surface area contributed by atoms with E-state index in [1.807, 2.05) is 42.1 Å². The molecule has 11 nitrogen and oxygen atoms in total. The highest BCUT2D eigenvalue weighted by atomic mass is 35.5. The molecule has 5 N–H and O–H groups in total. The van der Waals surface area contributed by atoms with Gasteiger partial charge < -0.3 is 30.8 Å². The van der Waals surface area contributed by atoms with Gasteiger partial charge in [0.05, 0.1) is 29.5 Å². The normalized spacial score (nSPS) is 13.2. The minimum atomic E-state index is -0.708. The average molecular weight is 770 g/mol. The van der Waals surface area contributed by atoms with Crippen LogP contribution in [0.3, 0.4) is 0 Å². The molecule has 2 aromatic heterocycles. The van der Waals surface area contributed by atoms with Crippen molar-refractivity contribution in [2.45, 2.75) is 57.4 Å². The van der Waals surface area contributed by atoms with Gasteiger partial charge in [-0.05, 0) is 85.9 Å². The number of unbranched alkanes of at least 4 members (excludes halogenated alkanes) is 2. The van der Waals surface area contributed by atoms with Crippen LogP contribution in [0.1, 0.15) is 60.0 Å². The van der Waals surface area contributed by atoms with Crippen LogP contribution in [0.2, 0.25) is 5.02 Å². The van der Waals surface area contributed by atoms with Crippen LogP contribution >= 0.6 is 23.4 Å². The van der Waals surface area contributed by atoms with E-state index in [1.165, 1.54) is 0 Å². The number of ether oxygens (including phenoxy) is 2. The van der Waals surface area contributed by atoms with Gasteiger partial charge in [0.2, 0.25) is 11.0 Å². The third-order valence-electron chi connectivity index (χ3n) is 9.39. The predicted octanol–water partition coefficient (Wildman–Crippen LogP) is 6.68. The van der Waals surface area contributed by atoms with E-state index in [2.05, 4.69) is 10.3 Å². The molecule has 13 heteroatoms. The quantitative estimate of drug-likeness (QED) is 0.0776. The van der Waals surface area contributed by atoms with E-state index in [0.717, 1.165) is 53.1 Å². The number of para-hydroxylation sites is 1. The third kappa shape index (κ3) is 10.2. The van der Waals surface area contributed by atoms with E-state index >= 15 is 0 Å². The van der Waals surface area contributed by atoms with Crippen molar-refractivity contribution in [2.24, 2.45) is 24.4 Å². The summed E-state index contributed by atoms with van der Waals surface area (Å²) in [6.07, 6.45) is 9.26. The summed E-state index contributed by atoms with van der Waals surface area (Å²) in [5.74, 6) is 1.09. The Kier molecular flexibility index (Phi) is 12.9. The molecule has 6 rings (SSSR count). The van der Waals surface area contributed by atoms with Crippen molar-refractivity contribution in [1.29, 1.82) is 0 Å². The second-order valence-electron chi connectivity index (χ2n) is 13.7. The number of Topliss-reactive ketones (excluding diaryl/α,β-unsaturated/α-hetero) is 1. The SMILES string of the molecule is Cn1cc(C[C@@H](N)C(=O)SCC(=O)NCCCCCOc2cc3nccc(Oc4ccc(CC(=O)CC5CC5)c(Cl)c4)c3cc2C(N)=O)c2ccccc21. The predicted molar refractivity (Wildman–Crippen MR) is 212 cm³/mol. The molecule has 5 aromatic rings. The van der Waals surface area contributed by atoms with E-state index in [0.29, 0.717) is 84.3 Å². The lowest BCUT2D eigenvalue weighted by Crippen LogP contribution is -2.33. The molecule has 2 amide bonds. The maximum Gasteiger partial charge on any atom is 0.252 e. The Balaban J connectivity index is 0.931. The first-order valence-corrected chi connectivity index (χ1v) is 19.5. The highest BCUT2D eigenvalue weighted by molar-refractivity contribution is 8.14. The Morgan fingerprint density at radius 1 is 1.00 bits per heavy atom. The van der Waals surface area contributed by atoms with E-state index in [1.54, 1.807) is 42.6 Å². The van der Waals surface area contributed by atoms with Crippen LogP contribution in [0.4, 0.5) is 0 Å². The monoisotopic (exact) mass is 769 g/mol. The number of thioether (sulfide) groups is 1. The summed E-state index contributed by atoms with van der Waals surface area (Å²) < 4.78 is 14.1. The highest BCUT2D eigenvalue weighted by Gasteiger charge is 2.25. The van der Waals surface area contributed by atoms with Crippen molar-refractivity contribution in [3.05, 3.63) is 94.8 Å². The molecular formula is C41H44ClN5O6S. The largest absolute Gasteiger partial charge is 0.493 e. The van der Waals surface area contributed by atoms with Crippen LogP contribution in [-0.4, -0.2) is 57.2 Å². The van der Waals surface area contributed by atoms with E-state index in [-0.39, 0.29) is 28.1 Å². The molecule has 0 spiro atoms. The zero-order valence-electron chi connectivity index (χ0n) is 30.1. The van der Waals surface area contributed by atoms with Crippen molar-refractivity contribution in [3.8, 4) is 17.2 Å². The number of nitrogens with zero attached hydrogens (tertiary/aromatic N) is 2. The van der Waals surface area contributed by atoms with E-state index in [4.69, 9.17) is 32.5 Å². The Hall–Kier alpha value is -4.91. The first-order chi connectivity index (χ1) is 26.0. The maximum atomic E-state index is 12.6. The Labute approximate surface area is 323 Å². The molecule has 54 heavy (non-hydrogen) atoms. The molecule has 0 bridgehead atoms. The summed E-state index contributed by atoms with van der Waals surface area (Å²) in [5.41, 5.74) is 15.5. The molecule has 3 aromatic carbocycles. The van der Waals surface area contributed by atoms with Crippen molar-refractivity contribution < 1.29 is 28.7 Å². The Morgan fingerprint density at radius 2 is 1.81 bits per heavy atom. The van der Waals surface area contributed by atoms with Crippen LogP contribution in [0, 0.1) is 5.92 Å². The number of ketones is 1. The fraction of sp³-hybridized carbons (Fsp3) is 0.341. The summed E-state index contributed by atoms with van der Waals surface area (Å²) in [4.78, 5) is 54.3. The summed E-state index contributed by atoms with van der Waals surface area (Å²) in [6, 6.07) is 17.5. The van der Waals surface area contributed by atoms with Crippen molar-refractivity contribution in [3.63, 3.8) is 0 Å². The number of nitrogens with two attached hydrogens (primary N) is 2. The summed E-state index contributed by atoms with van der Waals surface area (Å²) >= 11 is 7.44. The van der Waals surface area contributed by atoms with Gasteiger partial charge in [-0.2, -0.15) is 0 Å². The number of hydrogen-bond acceptors (Lipinski definition) is 9. The number of carbonyl (C=O) groups excluding carboxylic acids is 4. The van der Waals surface area contributed by atoms with Crippen molar-refractivity contribution in [1.82, 2.24) is 14.9 Å². The fourth-order valence-electron chi connectivity index (χ4n) is 6.36. The number of aryl methyl sites for hydroxylation is 1. The number of benzene rings is 3. The molecule has 282 valence electrons. The molecule has 1 saturated carbocycles. The molecule has 1 atom stereocenters. The number of carbonyl (C=O) groups is 4. The van der Waals surface area contributed by atoms with Crippen molar-refractivity contribution >= 4 is 67.9 Å². The number of nitrogens with one attached hydrogen (secondary N) is 1. The van der Waals surface area contributed by atoms with Crippen LogP contribution in [0.25, 0.3) is 21.8 Å². The Bertz CT molecular complexity index is 2180. The smallest absolute Gasteiger partial charge is 0.252 e. The molecule has 1 fully saturated rings. The minimum Gasteiger partial charge on any atom is -0.493 e. The molecule has 1 aliphatic carbocycles. The molecule has 0 aliphatic heterocycles. The summed E-state index contributed by atoms with van der Waals surface area (Å²) in [7, 11) is 1.96. The van der Waals surface area contributed by atoms with Crippen LogP contribution < -0.4 is 26.3 Å². The minimum absolute atomic E-state index is 0.00629. The summed E-state index contributed by atoms with van der Waals surface area (Å²) in [6.45, 7) is 0.778. The number of rotatable bonds is 19. The molecular weight excluding hydrogens is 726 g/mol. The Morgan fingerprint density at radius 3 is 2.59 bits per heavy atom. The number of primary amides is 1. The van der Waals surface area contributed by atoms with Gasteiger partial charge in [0.25, 0.3) is 5.91 Å². The molecule has 2 heterocycles. The number of amides is 2. The zero-order chi connectivity index (χ0) is 38.2. The first-order valence-electron chi connectivity index (χ1n) is 18.1. The lowest BCUT2D eigenvalue weighted by molar-refractivity contribution is -0.119. The second-order valence-corrected chi connectivity index (χ2v) is 15.1. The third-order valence-corrected chi connectivity index (χ3v) is 10.7. The van der Waals surface area contributed by atoms with E-state index < -0.39 is 11.9 Å². The first kappa shape index (κ1) is 38.8. The topological polar surface area (TPSA) is 169 Å². The number of halogens is 1. The molecule has 0 saturated heterocycles. The van der Waals surface area contributed by atoms with Crippen LogP contribution in [-0.2, 0) is 34.3 Å². The van der Waals surface area contributed by atoms with Crippen LogP contribution in [0.15, 0.2) is 73.1 Å². The van der Waals surface area contributed by atoms with Gasteiger partial charge in [-0.1, -0.05) is 47.6 Å². The lowest BCUT2D eigenvalue weighted by Gasteiger charge is -2.14. The van der Waals surface area contributed by atoms with Gasteiger partial charge in [0.1, 0.15) is 23.0 Å². The molecule has 0 unspecified atom stereocenters. The van der Waals surface area contributed by atoms with E-state index in [9.17, 15) is 19.2 Å². The van der Waals surface area contributed by atoms with Crippen molar-refractivity contribution in [2.75, 3.05) is 18.9 Å². The molecule has 1 aliphatic rings. The zero-order valence-corrected chi connectivity index (χ0v) is 31.7. The fourth-order valence-corrected chi connectivity index (χ4v) is 7.27. The number of hydrogen-bond donors (Lipinski definition) is 3. The summed E-state index contributed by atoms with van der Waals surface area (Å²) in [5, 5.41) is 4.72. The van der Waals surface area contributed by atoms with Gasteiger partial charge >= 0.3 is 0 Å². The highest BCUT2D eigenvalue weighted by Crippen LogP contribution is 2.36. The standard InChI is InChI=1S/C41H44ClN5O6S/c1-47-23-27(30-7-3-4-8-36(30)47)19-34(43)41(51)54-24-39(49)46-14-5-2-6-16-52-38-22-35-31(21-32(38)40(44)50)37(13-15-45-35)53-29-12-11-26(33(42)20-29)18-28(48)17-25-9-10-25/h3-4,7-8,11-13,15,20-23,25,34H,2,5-6,9-10,14,16-19,24,43H2,1H3,(H2,44,50)(H,46,49)/t34-/m1/s1. The lowest BCUT2D eigenvalue weighted by atomic mass is 10.0. The second kappa shape index (κ2) is 17.9.